The van der Waals surface area contributed by atoms with Crippen LogP contribution in [0.4, 0.5) is 4.39 Å². The number of aromatic nitrogens is 3. The Morgan fingerprint density at radius 1 is 1.24 bits per heavy atom. The van der Waals surface area contributed by atoms with Crippen molar-refractivity contribution in [1.29, 1.82) is 0 Å². The molecule has 1 amide bonds. The molecular weight excluding hydrogens is 564 g/mol. The van der Waals surface area contributed by atoms with Crippen LogP contribution in [-0.2, 0) is 4.79 Å². The van der Waals surface area contributed by atoms with E-state index in [0.29, 0.717) is 41.2 Å². The highest BCUT2D eigenvalue weighted by Gasteiger charge is 2.25. The second-order valence-electron chi connectivity index (χ2n) is 9.97. The second kappa shape index (κ2) is 13.9. The lowest BCUT2D eigenvalue weighted by Crippen LogP contribution is -2.09. The summed E-state index contributed by atoms with van der Waals surface area (Å²) in [6.45, 7) is 7.07. The maximum Gasteiger partial charge on any atom is 0.204 e. The van der Waals surface area contributed by atoms with Crippen LogP contribution in [-0.4, -0.2) is 40.5 Å². The lowest BCUT2D eigenvalue weighted by atomic mass is 9.96. The largest absolute Gasteiger partial charge is 0.491 e. The molecule has 216 valence electrons. The summed E-state index contributed by atoms with van der Waals surface area (Å²) in [4.78, 5) is 18.3. The molecule has 4 aromatic rings. The molecule has 7 nitrogen and oxygen atoms in total. The Hall–Kier alpha value is -3.49. The van der Waals surface area contributed by atoms with E-state index >= 15 is 0 Å². The molecule has 1 saturated carbocycles. The van der Waals surface area contributed by atoms with Crippen molar-refractivity contribution in [3.63, 3.8) is 0 Å². The third kappa shape index (κ3) is 7.24. The molecule has 5 rings (SSSR count). The molecule has 1 atom stereocenters. The number of ether oxygens (including phenoxy) is 1. The van der Waals surface area contributed by atoms with Crippen molar-refractivity contribution in [2.45, 2.75) is 58.4 Å². The van der Waals surface area contributed by atoms with Gasteiger partial charge in [-0.1, -0.05) is 48.7 Å². The number of fused-ring (bicyclic) bond motifs is 1. The van der Waals surface area contributed by atoms with E-state index in [0.717, 1.165) is 40.6 Å². The monoisotopic (exact) mass is 597 g/mol. The summed E-state index contributed by atoms with van der Waals surface area (Å²) in [7, 11) is 0. The average molecular weight is 599 g/mol. The molecule has 1 aliphatic carbocycles. The summed E-state index contributed by atoms with van der Waals surface area (Å²) in [6, 6.07) is 11.3. The Bertz CT molecular complexity index is 1550. The van der Waals surface area contributed by atoms with E-state index in [1.165, 1.54) is 18.9 Å². The summed E-state index contributed by atoms with van der Waals surface area (Å²) >= 11 is 12.9. The number of hydrogen-bond donors (Lipinski definition) is 1. The third-order valence-corrected chi connectivity index (χ3v) is 7.49. The number of carbonyl (C=O) groups is 1. The number of nitrogens with zero attached hydrogens (tertiary/aromatic N) is 4. The lowest BCUT2D eigenvalue weighted by molar-refractivity contribution is -0.106. The molecule has 2 N–H and O–H groups in total. The van der Waals surface area contributed by atoms with Crippen LogP contribution in [0.15, 0.2) is 47.6 Å². The minimum atomic E-state index is -0.482. The summed E-state index contributed by atoms with van der Waals surface area (Å²) in [5, 5.41) is 6.35. The Kier molecular flexibility index (Phi) is 10.3. The maximum absolute atomic E-state index is 14.3. The summed E-state index contributed by atoms with van der Waals surface area (Å²) in [5.41, 5.74) is 8.84. The molecule has 2 aromatic carbocycles. The Morgan fingerprint density at radius 3 is 2.68 bits per heavy atom. The minimum absolute atomic E-state index is 0.0415. The number of aryl methyl sites for hydroxylation is 1. The highest BCUT2D eigenvalue weighted by molar-refractivity contribution is 6.35. The topological polar surface area (TPSA) is 95.4 Å². The number of hydrogen-bond acceptors (Lipinski definition) is 5. The van der Waals surface area contributed by atoms with Crippen LogP contribution >= 0.6 is 23.2 Å². The summed E-state index contributed by atoms with van der Waals surface area (Å²) in [5.74, 6) is 0.218. The van der Waals surface area contributed by atoms with Gasteiger partial charge < -0.3 is 10.5 Å². The van der Waals surface area contributed by atoms with E-state index < -0.39 is 5.82 Å². The van der Waals surface area contributed by atoms with Crippen molar-refractivity contribution in [2.75, 3.05) is 13.2 Å². The molecule has 1 unspecified atom stereocenters. The number of amides is 1. The van der Waals surface area contributed by atoms with E-state index in [2.05, 4.69) is 30.0 Å². The zero-order valence-corrected chi connectivity index (χ0v) is 24.9. The zero-order valence-electron chi connectivity index (χ0n) is 23.4. The lowest BCUT2D eigenvalue weighted by Gasteiger charge is -2.19. The molecule has 0 aliphatic heterocycles. The Balaban J connectivity index is 0.00000124. The van der Waals surface area contributed by atoms with Crippen LogP contribution in [0.1, 0.15) is 68.3 Å². The molecular formula is C31H34Cl2FN5O2. The van der Waals surface area contributed by atoms with Gasteiger partial charge in [-0.25, -0.2) is 9.37 Å². The van der Waals surface area contributed by atoms with Crippen molar-refractivity contribution in [3.05, 3.63) is 75.3 Å². The van der Waals surface area contributed by atoms with Crippen LogP contribution in [0, 0.1) is 12.7 Å². The van der Waals surface area contributed by atoms with E-state index in [-0.39, 0.29) is 17.4 Å². The highest BCUT2D eigenvalue weighted by Crippen LogP contribution is 2.39. The van der Waals surface area contributed by atoms with Crippen LogP contribution in [0.2, 0.25) is 10.0 Å². The molecule has 1 aliphatic rings. The SMILES string of the molecule is CCCC(CN=Cc1cc(Cl)c2nn(C3CC3)cc2c1)c1cc(C)c(OCC)c(-c2cccc(F)c2Cl)n1.NC=O. The van der Waals surface area contributed by atoms with Gasteiger partial charge in [-0.2, -0.15) is 5.10 Å². The first-order chi connectivity index (χ1) is 19.8. The maximum atomic E-state index is 14.3. The molecule has 0 bridgehead atoms. The standard InChI is InChI=1S/C30H31Cl2FN4O.CH3NO/c1-4-7-20(16-34-15-19-13-21-17-37(22-10-11-22)36-28(21)24(31)14-19)26-12-18(3)30(38-5-2)29(35-26)23-8-6-9-25(33)27(23)32;2-1-3/h6,8-9,12-15,17,20,22H,4-5,7,10-11,16H2,1-3H3;1H,(H2,2,3). The van der Waals surface area contributed by atoms with Crippen molar-refractivity contribution < 1.29 is 13.9 Å². The normalized spacial score (nSPS) is 13.7. The van der Waals surface area contributed by atoms with Gasteiger partial charge in [-0.05, 0) is 68.5 Å². The first-order valence-corrected chi connectivity index (χ1v) is 14.5. The second-order valence-corrected chi connectivity index (χ2v) is 10.8. The molecule has 10 heteroatoms. The van der Waals surface area contributed by atoms with Gasteiger partial charge in [0.2, 0.25) is 6.41 Å². The van der Waals surface area contributed by atoms with Gasteiger partial charge in [0, 0.05) is 41.5 Å². The highest BCUT2D eigenvalue weighted by atomic mass is 35.5. The fourth-order valence-corrected chi connectivity index (χ4v) is 5.28. The van der Waals surface area contributed by atoms with Gasteiger partial charge in [-0.3, -0.25) is 14.5 Å². The number of halogens is 3. The van der Waals surface area contributed by atoms with Crippen LogP contribution < -0.4 is 10.5 Å². The Labute approximate surface area is 249 Å². The van der Waals surface area contributed by atoms with Crippen molar-refractivity contribution in [3.8, 4) is 17.0 Å². The van der Waals surface area contributed by atoms with Crippen molar-refractivity contribution in [2.24, 2.45) is 10.7 Å². The molecule has 1 fully saturated rings. The molecule has 41 heavy (non-hydrogen) atoms. The number of primary amides is 1. The van der Waals surface area contributed by atoms with Gasteiger partial charge in [0.15, 0.2) is 0 Å². The number of nitrogens with two attached hydrogens (primary N) is 1. The van der Waals surface area contributed by atoms with Gasteiger partial charge in [0.25, 0.3) is 0 Å². The fourth-order valence-electron chi connectivity index (χ4n) is 4.79. The van der Waals surface area contributed by atoms with Gasteiger partial charge in [0.1, 0.15) is 22.8 Å². The van der Waals surface area contributed by atoms with Gasteiger partial charge >= 0.3 is 0 Å². The number of benzene rings is 2. The average Bonchev–Trinajstić information content (AvgIpc) is 3.70. The number of carbonyl (C=O) groups excluding carboxylic acids is 1. The van der Waals surface area contributed by atoms with E-state index in [9.17, 15) is 4.39 Å². The van der Waals surface area contributed by atoms with Crippen molar-refractivity contribution in [1.82, 2.24) is 14.8 Å². The molecule has 0 radical (unpaired) electrons. The first-order valence-electron chi connectivity index (χ1n) is 13.7. The van der Waals surface area contributed by atoms with Gasteiger partial charge in [-0.15, -0.1) is 0 Å². The van der Waals surface area contributed by atoms with E-state index in [1.54, 1.807) is 12.1 Å². The molecule has 2 heterocycles. The molecule has 0 saturated heterocycles. The first kappa shape index (κ1) is 30.5. The van der Waals surface area contributed by atoms with Crippen LogP contribution in [0.5, 0.6) is 5.75 Å². The number of pyridine rings is 1. The quantitative estimate of drug-likeness (QED) is 0.150. The smallest absolute Gasteiger partial charge is 0.204 e. The van der Waals surface area contributed by atoms with Crippen molar-refractivity contribution >= 4 is 46.7 Å². The molecule has 0 spiro atoms. The minimum Gasteiger partial charge on any atom is -0.491 e. The predicted octanol–water partition coefficient (Wildman–Crippen LogP) is 7.69. The van der Waals surface area contributed by atoms with Crippen LogP contribution in [0.3, 0.4) is 0 Å². The van der Waals surface area contributed by atoms with E-state index in [1.807, 2.05) is 36.9 Å². The summed E-state index contributed by atoms with van der Waals surface area (Å²) in [6.07, 6.45) is 8.41. The fraction of sp³-hybridized carbons (Fsp3) is 0.355. The summed E-state index contributed by atoms with van der Waals surface area (Å²) < 4.78 is 22.3. The van der Waals surface area contributed by atoms with Crippen LogP contribution in [0.25, 0.3) is 22.2 Å². The Morgan fingerprint density at radius 2 is 2.00 bits per heavy atom. The van der Waals surface area contributed by atoms with E-state index in [4.69, 9.17) is 42.7 Å². The predicted molar refractivity (Wildman–Crippen MR) is 164 cm³/mol. The zero-order chi connectivity index (χ0) is 29.5. The number of rotatable bonds is 10. The number of aliphatic imine (C=N–C) groups is 1. The van der Waals surface area contributed by atoms with Gasteiger partial charge in [0.05, 0.1) is 22.7 Å². The molecule has 2 aromatic heterocycles. The third-order valence-electron chi connectivity index (χ3n) is 6.82.